The largest absolute Gasteiger partial charge is 0.495 e. The number of nitrogen functional groups attached to an aromatic ring is 1. The number of benzene rings is 2. The highest BCUT2D eigenvalue weighted by Gasteiger charge is 2.08. The number of ether oxygens (including phenoxy) is 1. The van der Waals surface area contributed by atoms with Gasteiger partial charge in [0.1, 0.15) is 5.75 Å². The molecule has 2 aromatic carbocycles. The molecule has 0 spiro atoms. The molecule has 3 heteroatoms. The van der Waals surface area contributed by atoms with Crippen LogP contribution in [0.1, 0.15) is 25.3 Å². The number of methoxy groups -OCH3 is 1. The van der Waals surface area contributed by atoms with E-state index in [1.54, 1.807) is 7.11 Å². The summed E-state index contributed by atoms with van der Waals surface area (Å²) in [5.41, 5.74) is 9.15. The van der Waals surface area contributed by atoms with Crippen molar-refractivity contribution in [2.45, 2.75) is 26.3 Å². The second kappa shape index (κ2) is 7.58. The highest BCUT2D eigenvalue weighted by Crippen LogP contribution is 2.24. The number of nitrogens with two attached hydrogens (primary N) is 1. The average Bonchev–Trinajstić information content (AvgIpc) is 2.52. The van der Waals surface area contributed by atoms with Crippen LogP contribution < -0.4 is 15.4 Å². The molecule has 0 heterocycles. The molecule has 0 unspecified atom stereocenters. The number of nitrogens with zero attached hydrogens (tertiary/aromatic N) is 1. The molecule has 2 rings (SSSR count). The summed E-state index contributed by atoms with van der Waals surface area (Å²) in [7, 11) is 1.64. The predicted molar refractivity (Wildman–Crippen MR) is 89.8 cm³/mol. The Kier molecular flexibility index (Phi) is 5.50. The summed E-state index contributed by atoms with van der Waals surface area (Å²) in [4.78, 5) is 2.39. The van der Waals surface area contributed by atoms with Gasteiger partial charge >= 0.3 is 0 Å². The van der Waals surface area contributed by atoms with Gasteiger partial charge in [-0.2, -0.15) is 0 Å². The molecule has 0 radical (unpaired) electrons. The molecule has 0 saturated carbocycles. The van der Waals surface area contributed by atoms with Crippen molar-refractivity contribution in [3.8, 4) is 5.75 Å². The number of rotatable bonds is 7. The molecule has 2 N–H and O–H groups in total. The van der Waals surface area contributed by atoms with Crippen LogP contribution >= 0.6 is 0 Å². The second-order valence-electron chi connectivity index (χ2n) is 5.19. The first-order valence-electron chi connectivity index (χ1n) is 7.47. The molecule has 0 atom stereocenters. The van der Waals surface area contributed by atoms with Crippen molar-refractivity contribution in [3.63, 3.8) is 0 Å². The van der Waals surface area contributed by atoms with Crippen LogP contribution in [-0.4, -0.2) is 13.7 Å². The van der Waals surface area contributed by atoms with Gasteiger partial charge in [0, 0.05) is 18.8 Å². The lowest BCUT2D eigenvalue weighted by Crippen LogP contribution is -2.23. The van der Waals surface area contributed by atoms with Gasteiger partial charge in [0.05, 0.1) is 12.8 Å². The molecule has 112 valence electrons. The molecule has 0 fully saturated rings. The van der Waals surface area contributed by atoms with E-state index in [1.807, 2.05) is 18.2 Å². The zero-order chi connectivity index (χ0) is 15.1. The Bertz CT molecular complexity index is 554. The molecular weight excluding hydrogens is 260 g/mol. The second-order valence-corrected chi connectivity index (χ2v) is 5.19. The summed E-state index contributed by atoms with van der Waals surface area (Å²) in [5, 5.41) is 0. The fourth-order valence-corrected chi connectivity index (χ4v) is 2.39. The minimum atomic E-state index is 0.693. The van der Waals surface area contributed by atoms with Crippen LogP contribution in [-0.2, 0) is 6.54 Å². The van der Waals surface area contributed by atoms with Gasteiger partial charge in [0.25, 0.3) is 0 Å². The van der Waals surface area contributed by atoms with E-state index >= 15 is 0 Å². The Labute approximate surface area is 127 Å². The molecule has 21 heavy (non-hydrogen) atoms. The topological polar surface area (TPSA) is 38.5 Å². The maximum Gasteiger partial charge on any atom is 0.141 e. The van der Waals surface area contributed by atoms with E-state index in [9.17, 15) is 0 Å². The molecule has 2 aromatic rings. The van der Waals surface area contributed by atoms with Gasteiger partial charge in [0.15, 0.2) is 0 Å². The maximum absolute atomic E-state index is 6.00. The van der Waals surface area contributed by atoms with E-state index in [0.717, 1.165) is 18.8 Å². The molecule has 0 aliphatic carbocycles. The van der Waals surface area contributed by atoms with Gasteiger partial charge in [-0.15, -0.1) is 0 Å². The molecule has 0 aromatic heterocycles. The van der Waals surface area contributed by atoms with E-state index in [0.29, 0.717) is 5.69 Å². The Hall–Kier alpha value is -2.16. The van der Waals surface area contributed by atoms with Crippen molar-refractivity contribution < 1.29 is 4.74 Å². The monoisotopic (exact) mass is 284 g/mol. The van der Waals surface area contributed by atoms with E-state index < -0.39 is 0 Å². The minimum Gasteiger partial charge on any atom is -0.495 e. The van der Waals surface area contributed by atoms with E-state index in [1.165, 1.54) is 24.1 Å². The Morgan fingerprint density at radius 1 is 1.10 bits per heavy atom. The van der Waals surface area contributed by atoms with E-state index in [-0.39, 0.29) is 0 Å². The van der Waals surface area contributed by atoms with Gasteiger partial charge in [-0.3, -0.25) is 0 Å². The van der Waals surface area contributed by atoms with Crippen LogP contribution in [0.15, 0.2) is 48.5 Å². The summed E-state index contributed by atoms with van der Waals surface area (Å²) in [6, 6.07) is 16.5. The molecule has 0 amide bonds. The maximum atomic E-state index is 6.00. The summed E-state index contributed by atoms with van der Waals surface area (Å²) >= 11 is 0. The van der Waals surface area contributed by atoms with Crippen LogP contribution in [0.2, 0.25) is 0 Å². The van der Waals surface area contributed by atoms with Gasteiger partial charge in [-0.1, -0.05) is 37.6 Å². The molecular formula is C18H24N2O. The zero-order valence-electron chi connectivity index (χ0n) is 12.9. The predicted octanol–water partition coefficient (Wildman–Crippen LogP) is 4.08. The van der Waals surface area contributed by atoms with Crippen molar-refractivity contribution >= 4 is 11.4 Å². The van der Waals surface area contributed by atoms with E-state index in [4.69, 9.17) is 10.5 Å². The Balaban J connectivity index is 2.16. The molecule has 0 saturated heterocycles. The first-order chi connectivity index (χ1) is 10.2. The first kappa shape index (κ1) is 15.2. The summed E-state index contributed by atoms with van der Waals surface area (Å²) < 4.78 is 5.22. The first-order valence-corrected chi connectivity index (χ1v) is 7.47. The number of hydrogen-bond donors (Lipinski definition) is 1. The number of para-hydroxylation sites is 1. The lowest BCUT2D eigenvalue weighted by molar-refractivity contribution is 0.417. The smallest absolute Gasteiger partial charge is 0.141 e. The third-order valence-electron chi connectivity index (χ3n) is 3.57. The van der Waals surface area contributed by atoms with Gasteiger partial charge in [0.2, 0.25) is 0 Å². The van der Waals surface area contributed by atoms with Crippen LogP contribution in [0.25, 0.3) is 0 Å². The van der Waals surface area contributed by atoms with Crippen LogP contribution in [0.4, 0.5) is 11.4 Å². The van der Waals surface area contributed by atoms with E-state index in [2.05, 4.69) is 42.2 Å². The quantitative estimate of drug-likeness (QED) is 0.778. The Morgan fingerprint density at radius 2 is 1.86 bits per heavy atom. The van der Waals surface area contributed by atoms with Gasteiger partial charge < -0.3 is 15.4 Å². The minimum absolute atomic E-state index is 0.693. The lowest BCUT2D eigenvalue weighted by Gasteiger charge is -2.25. The van der Waals surface area contributed by atoms with Crippen LogP contribution in [0.3, 0.4) is 0 Å². The molecule has 0 bridgehead atoms. The molecule has 0 aliphatic heterocycles. The normalized spacial score (nSPS) is 10.4. The number of unbranched alkanes of at least 4 members (excludes halogenated alkanes) is 1. The van der Waals surface area contributed by atoms with Crippen molar-refractivity contribution in [3.05, 3.63) is 54.1 Å². The van der Waals surface area contributed by atoms with Gasteiger partial charge in [-0.25, -0.2) is 0 Å². The molecule has 3 nitrogen and oxygen atoms in total. The van der Waals surface area contributed by atoms with Crippen molar-refractivity contribution in [1.29, 1.82) is 0 Å². The molecule has 0 aliphatic rings. The van der Waals surface area contributed by atoms with Crippen molar-refractivity contribution in [2.75, 3.05) is 24.3 Å². The highest BCUT2D eigenvalue weighted by molar-refractivity contribution is 5.55. The van der Waals surface area contributed by atoms with Crippen molar-refractivity contribution in [1.82, 2.24) is 0 Å². The van der Waals surface area contributed by atoms with Crippen LogP contribution in [0.5, 0.6) is 5.75 Å². The third-order valence-corrected chi connectivity index (χ3v) is 3.57. The number of anilines is 2. The fourth-order valence-electron chi connectivity index (χ4n) is 2.39. The average molecular weight is 284 g/mol. The summed E-state index contributed by atoms with van der Waals surface area (Å²) in [6.45, 7) is 4.12. The Morgan fingerprint density at radius 3 is 2.48 bits per heavy atom. The SMILES string of the molecule is CCCCN(Cc1ccc(OC)c(N)c1)c1ccccc1. The van der Waals surface area contributed by atoms with Crippen molar-refractivity contribution in [2.24, 2.45) is 0 Å². The fraction of sp³-hybridized carbons (Fsp3) is 0.333. The van der Waals surface area contributed by atoms with Crippen LogP contribution in [0, 0.1) is 0 Å². The lowest BCUT2D eigenvalue weighted by atomic mass is 10.1. The summed E-state index contributed by atoms with van der Waals surface area (Å²) in [5.74, 6) is 0.735. The zero-order valence-corrected chi connectivity index (χ0v) is 12.9. The summed E-state index contributed by atoms with van der Waals surface area (Å²) in [6.07, 6.45) is 2.37. The standard InChI is InChI=1S/C18H24N2O/c1-3-4-12-20(16-8-6-5-7-9-16)14-15-10-11-18(21-2)17(19)13-15/h5-11,13H,3-4,12,14,19H2,1-2H3. The van der Waals surface area contributed by atoms with Gasteiger partial charge in [-0.05, 0) is 36.2 Å². The third kappa shape index (κ3) is 4.15. The highest BCUT2D eigenvalue weighted by atomic mass is 16.5. The number of hydrogen-bond acceptors (Lipinski definition) is 3.